The van der Waals surface area contributed by atoms with Crippen LogP contribution in [0.3, 0.4) is 0 Å². The highest BCUT2D eigenvalue weighted by atomic mass is 19.4. The summed E-state index contributed by atoms with van der Waals surface area (Å²) < 4.78 is 54.2. The summed E-state index contributed by atoms with van der Waals surface area (Å²) in [6.07, 6.45) is 5.91. The number of aromatic nitrogens is 5. The molecule has 0 spiro atoms. The number of carbonyl (C=O) groups excluding carboxylic acids is 1. The van der Waals surface area contributed by atoms with Crippen LogP contribution in [0.1, 0.15) is 17.1 Å². The van der Waals surface area contributed by atoms with Gasteiger partial charge in [-0.3, -0.25) is 9.36 Å². The second-order valence-corrected chi connectivity index (χ2v) is 9.96. The Morgan fingerprint density at radius 1 is 1.23 bits per heavy atom. The number of fused-ring (bicyclic) bond motifs is 1. The van der Waals surface area contributed by atoms with Gasteiger partial charge in [0, 0.05) is 24.2 Å². The molecule has 0 atom stereocenters. The van der Waals surface area contributed by atoms with E-state index in [2.05, 4.69) is 36.5 Å². The number of nitrogens with zero attached hydrogens (tertiary/aromatic N) is 7. The van der Waals surface area contributed by atoms with Gasteiger partial charge in [-0.1, -0.05) is 5.92 Å². The highest BCUT2D eigenvalue weighted by molar-refractivity contribution is 6.00. The standard InChI is InChI=1S/C27H23F4N9O3/c1-5-16-11-17(8-9-19(16)28)35-24-18-12-22(32-13-20(18)33-15-34-24)36-23(41)7-6-10-40(3,4)14-21-25(39(42)43)37-26(38(21)2)27(29,30)31/h1,6-9,11-13,15H,10,14H2,2-4H3,(H-,32,33,34,35,36,41)/p+1/b7-6+. The Morgan fingerprint density at radius 3 is 2.65 bits per heavy atom. The van der Waals surface area contributed by atoms with Crippen LogP contribution in [-0.2, 0) is 24.6 Å². The topological polar surface area (TPSA) is 141 Å². The molecule has 2 N–H and O–H groups in total. The number of imidazole rings is 1. The summed E-state index contributed by atoms with van der Waals surface area (Å²) in [7, 11) is 4.34. The third-order valence-corrected chi connectivity index (χ3v) is 6.22. The van der Waals surface area contributed by atoms with Crippen molar-refractivity contribution in [2.24, 2.45) is 7.05 Å². The van der Waals surface area contributed by atoms with E-state index in [0.29, 0.717) is 27.0 Å². The van der Waals surface area contributed by atoms with Crippen molar-refractivity contribution < 1.29 is 31.8 Å². The van der Waals surface area contributed by atoms with Crippen molar-refractivity contribution >= 4 is 40.0 Å². The Labute approximate surface area is 241 Å². The lowest BCUT2D eigenvalue weighted by Gasteiger charge is -2.28. The fourth-order valence-electron chi connectivity index (χ4n) is 4.15. The molecule has 43 heavy (non-hydrogen) atoms. The summed E-state index contributed by atoms with van der Waals surface area (Å²) in [6, 6.07) is 5.69. The number of halogens is 4. The summed E-state index contributed by atoms with van der Waals surface area (Å²) in [5, 5.41) is 17.5. The van der Waals surface area contributed by atoms with Gasteiger partial charge in [0.1, 0.15) is 30.3 Å². The van der Waals surface area contributed by atoms with Gasteiger partial charge < -0.3 is 25.2 Å². The molecule has 0 aliphatic rings. The molecule has 0 bridgehead atoms. The van der Waals surface area contributed by atoms with E-state index in [1.54, 1.807) is 14.1 Å². The molecule has 1 amide bonds. The Morgan fingerprint density at radius 2 is 1.98 bits per heavy atom. The SMILES string of the molecule is C#Cc1cc(Nc2ncnc3cnc(NC(=O)/C=C/C[N+](C)(C)Cc4c([N+](=O)[O-])nc(C(F)(F)F)n4C)cc23)ccc1F. The lowest BCUT2D eigenvalue weighted by molar-refractivity contribution is -0.898. The van der Waals surface area contributed by atoms with Crippen molar-refractivity contribution in [2.45, 2.75) is 12.7 Å². The van der Waals surface area contributed by atoms with E-state index in [0.717, 1.165) is 7.05 Å². The number of quaternary nitrogens is 1. The van der Waals surface area contributed by atoms with Crippen molar-refractivity contribution in [3.05, 3.63) is 82.0 Å². The second kappa shape index (κ2) is 11.8. The molecule has 0 unspecified atom stereocenters. The average molecular weight is 599 g/mol. The smallest absolute Gasteiger partial charge is 0.358 e. The molecule has 0 aliphatic carbocycles. The third-order valence-electron chi connectivity index (χ3n) is 6.22. The molecule has 4 aromatic rings. The van der Waals surface area contributed by atoms with Gasteiger partial charge in [-0.05, 0) is 40.2 Å². The highest BCUT2D eigenvalue weighted by Gasteiger charge is 2.45. The molecular formula is C27H24F4N9O3+. The van der Waals surface area contributed by atoms with Gasteiger partial charge in [-0.15, -0.1) is 6.42 Å². The predicted octanol–water partition coefficient (Wildman–Crippen LogP) is 4.32. The number of benzene rings is 1. The lowest BCUT2D eigenvalue weighted by Crippen LogP contribution is -2.39. The molecule has 0 fully saturated rings. The van der Waals surface area contributed by atoms with Gasteiger partial charge in [0.05, 0.1) is 37.9 Å². The van der Waals surface area contributed by atoms with E-state index in [9.17, 15) is 32.5 Å². The van der Waals surface area contributed by atoms with Crippen molar-refractivity contribution in [3.63, 3.8) is 0 Å². The van der Waals surface area contributed by atoms with Crippen molar-refractivity contribution in [1.29, 1.82) is 0 Å². The second-order valence-electron chi connectivity index (χ2n) is 9.96. The lowest BCUT2D eigenvalue weighted by atomic mass is 10.2. The molecule has 4 rings (SSSR count). The summed E-state index contributed by atoms with van der Waals surface area (Å²) in [6.45, 7) is -0.0256. The molecular weight excluding hydrogens is 574 g/mol. The molecule has 0 radical (unpaired) electrons. The minimum Gasteiger partial charge on any atom is -0.358 e. The molecule has 0 aliphatic heterocycles. The molecule has 1 aromatic carbocycles. The maximum Gasteiger partial charge on any atom is 0.475 e. The zero-order chi connectivity index (χ0) is 31.5. The number of likely N-dealkylation sites (N-methyl/N-ethyl adjacent to an activating group) is 1. The van der Waals surface area contributed by atoms with E-state index >= 15 is 0 Å². The number of amides is 1. The number of hydrogen-bond acceptors (Lipinski definition) is 8. The first-order chi connectivity index (χ1) is 20.2. The third kappa shape index (κ3) is 7.08. The van der Waals surface area contributed by atoms with Gasteiger partial charge >= 0.3 is 17.8 Å². The number of rotatable bonds is 9. The molecule has 3 heterocycles. The number of alkyl halides is 3. The highest BCUT2D eigenvalue weighted by Crippen LogP contribution is 2.33. The summed E-state index contributed by atoms with van der Waals surface area (Å²) in [5.41, 5.74) is 0.799. The minimum absolute atomic E-state index is 0.0210. The van der Waals surface area contributed by atoms with Crippen LogP contribution in [0.4, 0.5) is 40.7 Å². The van der Waals surface area contributed by atoms with Crippen LogP contribution in [0.25, 0.3) is 10.9 Å². The van der Waals surface area contributed by atoms with Crippen molar-refractivity contribution in [2.75, 3.05) is 31.3 Å². The van der Waals surface area contributed by atoms with Crippen LogP contribution in [0.5, 0.6) is 0 Å². The van der Waals surface area contributed by atoms with Crippen LogP contribution >= 0.6 is 0 Å². The van der Waals surface area contributed by atoms with Crippen molar-refractivity contribution in [3.8, 4) is 12.3 Å². The minimum atomic E-state index is -4.86. The maximum atomic E-state index is 13.8. The first-order valence-electron chi connectivity index (χ1n) is 12.4. The van der Waals surface area contributed by atoms with Gasteiger partial charge in [0.2, 0.25) is 5.91 Å². The fraction of sp³-hybridized carbons (Fsp3) is 0.222. The number of nitro groups is 1. The van der Waals surface area contributed by atoms with E-state index in [-0.39, 0.29) is 34.6 Å². The zero-order valence-corrected chi connectivity index (χ0v) is 23.0. The molecule has 3 aromatic heterocycles. The molecule has 0 saturated heterocycles. The molecule has 0 saturated carbocycles. The first-order valence-corrected chi connectivity index (χ1v) is 12.4. The zero-order valence-electron chi connectivity index (χ0n) is 23.0. The maximum absolute atomic E-state index is 13.8. The quantitative estimate of drug-likeness (QED) is 0.0725. The molecule has 16 heteroatoms. The fourth-order valence-corrected chi connectivity index (χ4v) is 4.15. The number of hydrogen-bond donors (Lipinski definition) is 2. The van der Waals surface area contributed by atoms with Crippen LogP contribution in [0.2, 0.25) is 0 Å². The number of terminal acetylenes is 1. The van der Waals surface area contributed by atoms with E-state index in [1.165, 1.54) is 48.9 Å². The summed E-state index contributed by atoms with van der Waals surface area (Å²) >= 11 is 0. The van der Waals surface area contributed by atoms with Crippen LogP contribution in [0.15, 0.2) is 48.9 Å². The predicted molar refractivity (Wildman–Crippen MR) is 148 cm³/mol. The van der Waals surface area contributed by atoms with Gasteiger partial charge in [0.15, 0.2) is 5.69 Å². The first kappa shape index (κ1) is 30.5. The Hall–Kier alpha value is -5.43. The largest absolute Gasteiger partial charge is 0.475 e. The Balaban J connectivity index is 1.46. The summed E-state index contributed by atoms with van der Waals surface area (Å²) in [5.74, 6) is -0.564. The Bertz CT molecular complexity index is 1790. The van der Waals surface area contributed by atoms with E-state index in [4.69, 9.17) is 6.42 Å². The van der Waals surface area contributed by atoms with Gasteiger partial charge in [-0.2, -0.15) is 13.2 Å². The van der Waals surface area contributed by atoms with Crippen molar-refractivity contribution in [1.82, 2.24) is 24.5 Å². The van der Waals surface area contributed by atoms with Crippen LogP contribution in [0, 0.1) is 28.3 Å². The number of anilines is 3. The monoisotopic (exact) mass is 598 g/mol. The van der Waals surface area contributed by atoms with Crippen LogP contribution < -0.4 is 10.6 Å². The Kier molecular flexibility index (Phi) is 8.39. The number of pyridine rings is 1. The van der Waals surface area contributed by atoms with Crippen LogP contribution in [-0.4, -0.2) is 60.5 Å². The molecule has 222 valence electrons. The average Bonchev–Trinajstić information content (AvgIpc) is 3.25. The number of nitrogens with one attached hydrogen (secondary N) is 2. The number of carbonyl (C=O) groups is 1. The summed E-state index contributed by atoms with van der Waals surface area (Å²) in [4.78, 5) is 38.7. The van der Waals surface area contributed by atoms with Gasteiger partial charge in [0.25, 0.3) is 0 Å². The van der Waals surface area contributed by atoms with E-state index < -0.39 is 34.5 Å². The van der Waals surface area contributed by atoms with Gasteiger partial charge in [-0.25, -0.2) is 19.3 Å². The van der Waals surface area contributed by atoms with E-state index in [1.807, 2.05) is 0 Å². The molecule has 12 nitrogen and oxygen atoms in total. The normalized spacial score (nSPS) is 12.0.